The average Bonchev–Trinajstić information content (AvgIpc) is 2.77. The number of hydrogen-bond acceptors (Lipinski definition) is 4. The van der Waals surface area contributed by atoms with Gasteiger partial charge in [0.25, 0.3) is 5.91 Å². The van der Waals surface area contributed by atoms with Gasteiger partial charge >= 0.3 is 5.97 Å². The fraction of sp³-hybridized carbons (Fsp3) is 0.583. The number of nitrogens with zero attached hydrogens (tertiary/aromatic N) is 1. The van der Waals surface area contributed by atoms with Gasteiger partial charge in [-0.2, -0.15) is 0 Å². The fourth-order valence-electron chi connectivity index (χ4n) is 1.80. The van der Waals surface area contributed by atoms with E-state index in [4.69, 9.17) is 5.11 Å². The van der Waals surface area contributed by atoms with Crippen molar-refractivity contribution < 1.29 is 14.7 Å². The second-order valence-electron chi connectivity index (χ2n) is 4.67. The summed E-state index contributed by atoms with van der Waals surface area (Å²) >= 11 is 1.27. The molecule has 0 aromatic carbocycles. The first-order valence-corrected chi connectivity index (χ1v) is 6.75. The van der Waals surface area contributed by atoms with E-state index in [0.29, 0.717) is 17.3 Å². The summed E-state index contributed by atoms with van der Waals surface area (Å²) in [5.74, 6) is -0.627. The Labute approximate surface area is 110 Å². The van der Waals surface area contributed by atoms with Crippen molar-refractivity contribution in [3.05, 3.63) is 16.6 Å². The van der Waals surface area contributed by atoms with Crippen LogP contribution in [0.3, 0.4) is 0 Å². The molecule has 1 aromatic heterocycles. The lowest BCUT2D eigenvalue weighted by atomic mass is 9.94. The molecule has 0 bridgehead atoms. The smallest absolute Gasteiger partial charge is 0.303 e. The Hall–Kier alpha value is -1.43. The van der Waals surface area contributed by atoms with Crippen molar-refractivity contribution in [2.75, 3.05) is 6.54 Å². The summed E-state index contributed by atoms with van der Waals surface area (Å²) in [4.78, 5) is 26.8. The zero-order chi connectivity index (χ0) is 13.5. The van der Waals surface area contributed by atoms with Crippen molar-refractivity contribution in [3.63, 3.8) is 0 Å². The highest BCUT2D eigenvalue weighted by atomic mass is 32.1. The maximum Gasteiger partial charge on any atom is 0.303 e. The number of nitrogens with one attached hydrogen (secondary N) is 1. The predicted octanol–water partition coefficient (Wildman–Crippen LogP) is 2.01. The van der Waals surface area contributed by atoms with Crippen LogP contribution in [0, 0.1) is 11.8 Å². The monoisotopic (exact) mass is 270 g/mol. The van der Waals surface area contributed by atoms with E-state index in [0.717, 1.165) is 6.42 Å². The van der Waals surface area contributed by atoms with Crippen LogP contribution in [0.1, 0.15) is 36.4 Å². The van der Waals surface area contributed by atoms with Crippen LogP contribution in [-0.2, 0) is 4.79 Å². The van der Waals surface area contributed by atoms with Gasteiger partial charge in [-0.3, -0.25) is 14.6 Å². The first kappa shape index (κ1) is 14.6. The fourth-order valence-corrected chi connectivity index (χ4v) is 2.34. The molecule has 1 heterocycles. The third-order valence-electron chi connectivity index (χ3n) is 2.48. The van der Waals surface area contributed by atoms with Crippen molar-refractivity contribution in [2.45, 2.75) is 26.7 Å². The summed E-state index contributed by atoms with van der Waals surface area (Å²) in [6, 6.07) is 0. The highest BCUT2D eigenvalue weighted by molar-refractivity contribution is 7.11. The Bertz CT molecular complexity index is 390. The zero-order valence-corrected chi connectivity index (χ0v) is 11.4. The van der Waals surface area contributed by atoms with E-state index in [1.807, 2.05) is 13.8 Å². The number of carboxylic acid groups (broad SMARTS) is 1. The average molecular weight is 270 g/mol. The van der Waals surface area contributed by atoms with Crippen LogP contribution >= 0.6 is 11.3 Å². The van der Waals surface area contributed by atoms with Gasteiger partial charge in [-0.25, -0.2) is 0 Å². The normalized spacial score (nSPS) is 12.4. The lowest BCUT2D eigenvalue weighted by Crippen LogP contribution is -2.30. The molecule has 0 aliphatic rings. The molecule has 0 saturated heterocycles. The van der Waals surface area contributed by atoms with Crippen LogP contribution < -0.4 is 5.32 Å². The number of carboxylic acids is 1. The maximum atomic E-state index is 11.7. The van der Waals surface area contributed by atoms with E-state index in [2.05, 4.69) is 10.3 Å². The van der Waals surface area contributed by atoms with Crippen LogP contribution in [0.2, 0.25) is 0 Å². The van der Waals surface area contributed by atoms with Gasteiger partial charge in [0, 0.05) is 13.0 Å². The van der Waals surface area contributed by atoms with Crippen molar-refractivity contribution >= 4 is 23.2 Å². The molecule has 1 rings (SSSR count). The molecule has 1 atom stereocenters. The first-order valence-electron chi connectivity index (χ1n) is 5.87. The molecule has 100 valence electrons. The van der Waals surface area contributed by atoms with Gasteiger partial charge in [0.15, 0.2) is 0 Å². The van der Waals surface area contributed by atoms with Crippen molar-refractivity contribution in [3.8, 4) is 0 Å². The second kappa shape index (κ2) is 7.10. The molecule has 0 saturated carbocycles. The standard InChI is InChI=1S/C12H18N2O3S/c1-8(2)3-9(4-11(15)16)5-14-12(17)10-6-13-7-18-10/h6-9H,3-5H2,1-2H3,(H,14,17)(H,15,16). The third-order valence-corrected chi connectivity index (χ3v) is 3.25. The van der Waals surface area contributed by atoms with Gasteiger partial charge in [0.05, 0.1) is 11.7 Å². The highest BCUT2D eigenvalue weighted by Gasteiger charge is 2.16. The topological polar surface area (TPSA) is 79.3 Å². The maximum absolute atomic E-state index is 11.7. The van der Waals surface area contributed by atoms with Gasteiger partial charge in [0.2, 0.25) is 0 Å². The summed E-state index contributed by atoms with van der Waals surface area (Å²) in [6.45, 7) is 4.47. The van der Waals surface area contributed by atoms with Crippen molar-refractivity contribution in [1.29, 1.82) is 0 Å². The van der Waals surface area contributed by atoms with E-state index in [9.17, 15) is 9.59 Å². The molecule has 0 fully saturated rings. The molecule has 1 amide bonds. The van der Waals surface area contributed by atoms with Crippen molar-refractivity contribution in [1.82, 2.24) is 10.3 Å². The van der Waals surface area contributed by atoms with E-state index in [1.165, 1.54) is 17.5 Å². The Morgan fingerprint density at radius 1 is 1.50 bits per heavy atom. The SMILES string of the molecule is CC(C)CC(CNC(=O)c1cncs1)CC(=O)O. The minimum absolute atomic E-state index is 0.0284. The lowest BCUT2D eigenvalue weighted by Gasteiger charge is -2.17. The molecular weight excluding hydrogens is 252 g/mol. The van der Waals surface area contributed by atoms with E-state index < -0.39 is 5.97 Å². The van der Waals surface area contributed by atoms with Gasteiger partial charge in [-0.1, -0.05) is 13.8 Å². The molecule has 18 heavy (non-hydrogen) atoms. The molecule has 1 aromatic rings. The number of carbonyl (C=O) groups excluding carboxylic acids is 1. The number of thiazole rings is 1. The third kappa shape index (κ3) is 5.27. The van der Waals surface area contributed by atoms with Crippen LogP contribution in [0.4, 0.5) is 0 Å². The molecule has 0 aliphatic heterocycles. The van der Waals surface area contributed by atoms with E-state index in [-0.39, 0.29) is 18.2 Å². The van der Waals surface area contributed by atoms with Crippen molar-refractivity contribution in [2.24, 2.45) is 11.8 Å². The number of carbonyl (C=O) groups is 2. The summed E-state index contributed by atoms with van der Waals surface area (Å²) in [5, 5.41) is 11.6. The molecule has 0 aliphatic carbocycles. The quantitative estimate of drug-likeness (QED) is 0.794. The summed E-state index contributed by atoms with van der Waals surface area (Å²) in [7, 11) is 0. The molecule has 5 nitrogen and oxygen atoms in total. The molecule has 2 N–H and O–H groups in total. The Kier molecular flexibility index (Phi) is 5.77. The van der Waals surface area contributed by atoms with Gasteiger partial charge in [-0.05, 0) is 18.3 Å². The van der Waals surface area contributed by atoms with Gasteiger partial charge in [0.1, 0.15) is 4.88 Å². The van der Waals surface area contributed by atoms with Crippen LogP contribution in [0.25, 0.3) is 0 Å². The van der Waals surface area contributed by atoms with Crippen LogP contribution in [0.5, 0.6) is 0 Å². The highest BCUT2D eigenvalue weighted by Crippen LogP contribution is 2.15. The second-order valence-corrected chi connectivity index (χ2v) is 5.56. The zero-order valence-electron chi connectivity index (χ0n) is 10.5. The summed E-state index contributed by atoms with van der Waals surface area (Å²) in [5.41, 5.74) is 1.60. The first-order chi connectivity index (χ1) is 8.49. The Morgan fingerprint density at radius 2 is 2.22 bits per heavy atom. The Balaban J connectivity index is 2.45. The minimum atomic E-state index is -0.826. The summed E-state index contributed by atoms with van der Waals surface area (Å²) < 4.78 is 0. The van der Waals surface area contributed by atoms with Gasteiger partial charge in [-0.15, -0.1) is 11.3 Å². The Morgan fingerprint density at radius 3 is 2.72 bits per heavy atom. The molecule has 0 spiro atoms. The number of aromatic nitrogens is 1. The number of aliphatic carboxylic acids is 1. The summed E-state index contributed by atoms with van der Waals surface area (Å²) in [6.07, 6.45) is 2.38. The molecule has 1 unspecified atom stereocenters. The number of hydrogen-bond donors (Lipinski definition) is 2. The van der Waals surface area contributed by atoms with Gasteiger partial charge < -0.3 is 10.4 Å². The van der Waals surface area contributed by atoms with Crippen LogP contribution in [0.15, 0.2) is 11.7 Å². The largest absolute Gasteiger partial charge is 0.481 e. The number of rotatable bonds is 7. The minimum Gasteiger partial charge on any atom is -0.481 e. The lowest BCUT2D eigenvalue weighted by molar-refractivity contribution is -0.138. The number of amides is 1. The molecule has 6 heteroatoms. The molecule has 0 radical (unpaired) electrons. The van der Waals surface area contributed by atoms with E-state index >= 15 is 0 Å². The molecular formula is C12H18N2O3S. The van der Waals surface area contributed by atoms with E-state index in [1.54, 1.807) is 5.51 Å². The van der Waals surface area contributed by atoms with Crippen LogP contribution in [-0.4, -0.2) is 28.5 Å². The predicted molar refractivity (Wildman–Crippen MR) is 69.6 cm³/mol.